The molecule has 0 aliphatic heterocycles. The van der Waals surface area contributed by atoms with Crippen LogP contribution in [0.1, 0.15) is 12.5 Å². The second-order valence-electron chi connectivity index (χ2n) is 4.72. The van der Waals surface area contributed by atoms with Crippen LogP contribution in [0.3, 0.4) is 0 Å². The van der Waals surface area contributed by atoms with E-state index in [0.717, 1.165) is 39.6 Å². The molecule has 0 bridgehead atoms. The predicted molar refractivity (Wildman–Crippen MR) is 83.7 cm³/mol. The number of aryl methyl sites for hydroxylation is 1. The molecule has 0 unspecified atom stereocenters. The highest BCUT2D eigenvalue weighted by atomic mass is 35.5. The van der Waals surface area contributed by atoms with E-state index >= 15 is 0 Å². The lowest BCUT2D eigenvalue weighted by atomic mass is 10.1. The van der Waals surface area contributed by atoms with Crippen molar-refractivity contribution < 1.29 is 0 Å². The highest BCUT2D eigenvalue weighted by molar-refractivity contribution is 6.31. The van der Waals surface area contributed by atoms with Gasteiger partial charge < -0.3 is 10.3 Å². The van der Waals surface area contributed by atoms with E-state index in [4.69, 9.17) is 22.3 Å². The van der Waals surface area contributed by atoms with Crippen molar-refractivity contribution in [2.45, 2.75) is 20.0 Å². The molecular formula is C16H16ClN3. The lowest BCUT2D eigenvalue weighted by molar-refractivity contribution is 0.796. The summed E-state index contributed by atoms with van der Waals surface area (Å²) in [6, 6.07) is 14.0. The highest BCUT2D eigenvalue weighted by Gasteiger charge is 2.12. The summed E-state index contributed by atoms with van der Waals surface area (Å²) in [5.74, 6) is 0.958. The molecule has 3 aromatic rings. The van der Waals surface area contributed by atoms with Crippen molar-refractivity contribution in [1.82, 2.24) is 9.55 Å². The molecule has 2 N–H and O–H groups in total. The van der Waals surface area contributed by atoms with Crippen LogP contribution in [-0.2, 0) is 13.1 Å². The van der Waals surface area contributed by atoms with E-state index < -0.39 is 0 Å². The maximum Gasteiger partial charge on any atom is 0.141 e. The maximum absolute atomic E-state index is 6.09. The van der Waals surface area contributed by atoms with Crippen LogP contribution in [0, 0.1) is 0 Å². The van der Waals surface area contributed by atoms with Crippen LogP contribution in [0.4, 0.5) is 0 Å². The Kier molecular flexibility index (Phi) is 3.47. The Bertz CT molecular complexity index is 762. The van der Waals surface area contributed by atoms with Crippen LogP contribution in [0.2, 0.25) is 5.02 Å². The largest absolute Gasteiger partial charge is 0.326 e. The molecule has 0 aliphatic rings. The van der Waals surface area contributed by atoms with Gasteiger partial charge in [-0.2, -0.15) is 0 Å². The average molecular weight is 286 g/mol. The van der Waals surface area contributed by atoms with E-state index in [1.165, 1.54) is 0 Å². The zero-order valence-corrected chi connectivity index (χ0v) is 12.1. The molecule has 2 aromatic carbocycles. The zero-order chi connectivity index (χ0) is 14.1. The van der Waals surface area contributed by atoms with Crippen molar-refractivity contribution in [3.05, 3.63) is 53.1 Å². The average Bonchev–Trinajstić information content (AvgIpc) is 2.85. The van der Waals surface area contributed by atoms with Crippen LogP contribution in [0.5, 0.6) is 0 Å². The maximum atomic E-state index is 6.09. The monoisotopic (exact) mass is 285 g/mol. The summed E-state index contributed by atoms with van der Waals surface area (Å²) in [5.41, 5.74) is 9.94. The first-order chi connectivity index (χ1) is 9.72. The number of nitrogens with zero attached hydrogens (tertiary/aromatic N) is 2. The number of imidazole rings is 1. The summed E-state index contributed by atoms with van der Waals surface area (Å²) >= 11 is 6.09. The highest BCUT2D eigenvalue weighted by Crippen LogP contribution is 2.27. The number of nitrogens with two attached hydrogens (primary N) is 1. The molecule has 0 saturated heterocycles. The Labute approximate surface area is 123 Å². The summed E-state index contributed by atoms with van der Waals surface area (Å²) < 4.78 is 2.18. The van der Waals surface area contributed by atoms with Gasteiger partial charge in [0, 0.05) is 23.7 Å². The summed E-state index contributed by atoms with van der Waals surface area (Å²) in [7, 11) is 0. The summed E-state index contributed by atoms with van der Waals surface area (Å²) in [6.07, 6.45) is 0. The normalized spacial score (nSPS) is 11.2. The number of fused-ring (bicyclic) bond motifs is 1. The molecule has 0 aliphatic carbocycles. The topological polar surface area (TPSA) is 43.8 Å². The third kappa shape index (κ3) is 2.19. The number of aromatic nitrogens is 2. The second-order valence-corrected chi connectivity index (χ2v) is 5.15. The van der Waals surface area contributed by atoms with Crippen molar-refractivity contribution in [2.75, 3.05) is 0 Å². The number of benzene rings is 2. The van der Waals surface area contributed by atoms with E-state index in [-0.39, 0.29) is 0 Å². The lowest BCUT2D eigenvalue weighted by Gasteiger charge is -2.07. The first-order valence-corrected chi connectivity index (χ1v) is 7.06. The van der Waals surface area contributed by atoms with Gasteiger partial charge in [-0.15, -0.1) is 0 Å². The molecule has 3 rings (SSSR count). The summed E-state index contributed by atoms with van der Waals surface area (Å²) in [4.78, 5) is 4.73. The van der Waals surface area contributed by atoms with Crippen molar-refractivity contribution in [1.29, 1.82) is 0 Å². The first-order valence-electron chi connectivity index (χ1n) is 6.68. The molecule has 0 fully saturated rings. The molecule has 0 amide bonds. The fraction of sp³-hybridized carbons (Fsp3) is 0.188. The van der Waals surface area contributed by atoms with Crippen LogP contribution >= 0.6 is 11.6 Å². The molecule has 102 valence electrons. The molecular weight excluding hydrogens is 270 g/mol. The first kappa shape index (κ1) is 13.2. The fourth-order valence-corrected chi connectivity index (χ4v) is 2.64. The Morgan fingerprint density at radius 2 is 2.05 bits per heavy atom. The quantitative estimate of drug-likeness (QED) is 0.795. The third-order valence-electron chi connectivity index (χ3n) is 3.45. The molecule has 1 heterocycles. The zero-order valence-electron chi connectivity index (χ0n) is 11.3. The van der Waals surface area contributed by atoms with Crippen LogP contribution in [-0.4, -0.2) is 9.55 Å². The van der Waals surface area contributed by atoms with E-state index in [1.54, 1.807) is 0 Å². The number of hydrogen-bond acceptors (Lipinski definition) is 2. The summed E-state index contributed by atoms with van der Waals surface area (Å²) in [6.45, 7) is 3.49. The predicted octanol–water partition coefficient (Wildman–Crippen LogP) is 3.84. The van der Waals surface area contributed by atoms with Gasteiger partial charge in [-0.05, 0) is 36.8 Å². The Morgan fingerprint density at radius 3 is 2.80 bits per heavy atom. The Hall–Kier alpha value is -1.84. The smallest absolute Gasteiger partial charge is 0.141 e. The van der Waals surface area contributed by atoms with E-state index in [9.17, 15) is 0 Å². The molecule has 20 heavy (non-hydrogen) atoms. The minimum atomic E-state index is 0.534. The minimum Gasteiger partial charge on any atom is -0.326 e. The fourth-order valence-electron chi connectivity index (χ4n) is 2.47. The number of hydrogen-bond donors (Lipinski definition) is 1. The van der Waals surface area contributed by atoms with Gasteiger partial charge in [0.2, 0.25) is 0 Å². The van der Waals surface area contributed by atoms with Gasteiger partial charge in [-0.3, -0.25) is 0 Å². The van der Waals surface area contributed by atoms with Crippen molar-refractivity contribution in [3.8, 4) is 11.4 Å². The minimum absolute atomic E-state index is 0.534. The molecule has 3 nitrogen and oxygen atoms in total. The van der Waals surface area contributed by atoms with E-state index in [0.29, 0.717) is 6.54 Å². The lowest BCUT2D eigenvalue weighted by Crippen LogP contribution is -1.99. The third-order valence-corrected chi connectivity index (χ3v) is 3.68. The van der Waals surface area contributed by atoms with Crippen LogP contribution in [0.15, 0.2) is 42.5 Å². The van der Waals surface area contributed by atoms with Gasteiger partial charge in [-0.25, -0.2) is 4.98 Å². The van der Waals surface area contributed by atoms with Crippen LogP contribution < -0.4 is 5.73 Å². The number of rotatable bonds is 3. The van der Waals surface area contributed by atoms with Gasteiger partial charge in [0.25, 0.3) is 0 Å². The Morgan fingerprint density at radius 1 is 1.20 bits per heavy atom. The van der Waals surface area contributed by atoms with Crippen molar-refractivity contribution in [2.24, 2.45) is 5.73 Å². The van der Waals surface area contributed by atoms with E-state index in [1.807, 2.05) is 30.3 Å². The van der Waals surface area contributed by atoms with Crippen LogP contribution in [0.25, 0.3) is 22.4 Å². The molecule has 0 atom stereocenters. The standard InChI is InChI=1S/C16H16ClN3/c1-2-20-15-9-13(17)6-7-14(15)19-16(20)12-5-3-4-11(8-12)10-18/h3-9H,2,10,18H2,1H3. The van der Waals surface area contributed by atoms with Crippen molar-refractivity contribution >= 4 is 22.6 Å². The van der Waals surface area contributed by atoms with Gasteiger partial charge in [0.1, 0.15) is 5.82 Å². The van der Waals surface area contributed by atoms with Gasteiger partial charge >= 0.3 is 0 Å². The van der Waals surface area contributed by atoms with Crippen molar-refractivity contribution in [3.63, 3.8) is 0 Å². The SMILES string of the molecule is CCn1c(-c2cccc(CN)c2)nc2ccc(Cl)cc21. The molecule has 1 aromatic heterocycles. The van der Waals surface area contributed by atoms with Gasteiger partial charge in [-0.1, -0.05) is 29.8 Å². The van der Waals surface area contributed by atoms with Gasteiger partial charge in [0.15, 0.2) is 0 Å². The van der Waals surface area contributed by atoms with Gasteiger partial charge in [0.05, 0.1) is 11.0 Å². The molecule has 0 spiro atoms. The molecule has 0 saturated carbocycles. The number of halogens is 1. The molecule has 4 heteroatoms. The molecule has 0 radical (unpaired) electrons. The second kappa shape index (κ2) is 5.27. The summed E-state index contributed by atoms with van der Waals surface area (Å²) in [5, 5.41) is 0.731. The van der Waals surface area contributed by atoms with E-state index in [2.05, 4.69) is 23.6 Å². The Balaban J connectivity index is 2.24.